The van der Waals surface area contributed by atoms with Crippen LogP contribution in [0.15, 0.2) is 48.7 Å². The minimum Gasteiger partial charge on any atom is -0.392 e. The van der Waals surface area contributed by atoms with E-state index in [-0.39, 0.29) is 48.5 Å². The van der Waals surface area contributed by atoms with Crippen LogP contribution in [-0.2, 0) is 20.1 Å². The number of halogens is 2. The van der Waals surface area contributed by atoms with Crippen LogP contribution in [0.4, 0.5) is 8.78 Å². The molecule has 4 nitrogen and oxygen atoms in total. The summed E-state index contributed by atoms with van der Waals surface area (Å²) in [5.74, 6) is -0.451. The van der Waals surface area contributed by atoms with E-state index in [0.717, 1.165) is 11.3 Å². The topological polar surface area (TPSA) is 66.2 Å². The number of aliphatic hydroxyl groups excluding tert-OH is 2. The molecule has 0 aliphatic carbocycles. The summed E-state index contributed by atoms with van der Waals surface area (Å²) in [5.41, 5.74) is 3.19. The quantitative estimate of drug-likeness (QED) is 0.278. The standard InChI is InChI=1S/C19H15F2N2.C11H24O2.Ir/c1-12(2)17-11-22-18(13-3-7-15(20)8-4-13)19(23-17)14-5-9-16(21)10-6-14;1-10(2,3)8(12)7-9(13)11(4,5)6;/h3,5-12H,1-2H3;8-9,12-13H,7H2,1-6H3;/q-1;;. The zero-order chi connectivity index (χ0) is 27.3. The molecule has 0 aliphatic heterocycles. The zero-order valence-electron chi connectivity index (χ0n) is 22.9. The Hall–Kier alpha value is -2.05. The van der Waals surface area contributed by atoms with Crippen molar-refractivity contribution in [1.82, 2.24) is 9.97 Å². The van der Waals surface area contributed by atoms with Gasteiger partial charge >= 0.3 is 0 Å². The Morgan fingerprint density at radius 3 is 1.76 bits per heavy atom. The first kappa shape index (κ1) is 33.0. The largest absolute Gasteiger partial charge is 0.392 e. The summed E-state index contributed by atoms with van der Waals surface area (Å²) in [6.45, 7) is 15.9. The smallest absolute Gasteiger partial charge is 0.123 e. The molecule has 3 aromatic rings. The van der Waals surface area contributed by atoms with Crippen molar-refractivity contribution in [3.8, 4) is 22.5 Å². The van der Waals surface area contributed by atoms with E-state index in [1.807, 2.05) is 55.4 Å². The Kier molecular flexibility index (Phi) is 12.2. The van der Waals surface area contributed by atoms with E-state index >= 15 is 0 Å². The summed E-state index contributed by atoms with van der Waals surface area (Å²) < 4.78 is 26.3. The van der Waals surface area contributed by atoms with Crippen LogP contribution in [0, 0.1) is 28.5 Å². The number of aliphatic hydroxyl groups is 2. The van der Waals surface area contributed by atoms with E-state index in [9.17, 15) is 19.0 Å². The van der Waals surface area contributed by atoms with E-state index in [1.54, 1.807) is 24.4 Å². The van der Waals surface area contributed by atoms with Crippen molar-refractivity contribution in [3.63, 3.8) is 0 Å². The zero-order valence-corrected chi connectivity index (χ0v) is 25.3. The molecule has 7 heteroatoms. The first-order chi connectivity index (χ1) is 16.6. The summed E-state index contributed by atoms with van der Waals surface area (Å²) in [4.78, 5) is 9.16. The van der Waals surface area contributed by atoms with Gasteiger partial charge in [-0.25, -0.2) is 4.39 Å². The van der Waals surface area contributed by atoms with Gasteiger partial charge in [-0.15, -0.1) is 29.8 Å². The molecule has 0 spiro atoms. The van der Waals surface area contributed by atoms with Crippen molar-refractivity contribution in [2.75, 3.05) is 0 Å². The van der Waals surface area contributed by atoms with Gasteiger partial charge in [-0.1, -0.05) is 67.5 Å². The Labute approximate surface area is 233 Å². The third-order valence-electron chi connectivity index (χ3n) is 5.98. The van der Waals surface area contributed by atoms with Crippen molar-refractivity contribution >= 4 is 0 Å². The van der Waals surface area contributed by atoms with Gasteiger partial charge in [0.25, 0.3) is 0 Å². The maximum Gasteiger partial charge on any atom is 0.123 e. The molecule has 1 heterocycles. The van der Waals surface area contributed by atoms with Gasteiger partial charge in [-0.3, -0.25) is 9.37 Å². The predicted octanol–water partition coefficient (Wildman–Crippen LogP) is 7.20. The minimum atomic E-state index is -0.443. The monoisotopic (exact) mass is 690 g/mol. The van der Waals surface area contributed by atoms with Gasteiger partial charge in [0.1, 0.15) is 5.82 Å². The average molecular weight is 690 g/mol. The molecule has 2 atom stereocenters. The number of hydrogen-bond acceptors (Lipinski definition) is 4. The maximum atomic E-state index is 13.2. The van der Waals surface area contributed by atoms with Crippen LogP contribution in [0.5, 0.6) is 0 Å². The molecule has 0 saturated carbocycles. The summed E-state index contributed by atoms with van der Waals surface area (Å²) in [5, 5.41) is 19.5. The summed E-state index contributed by atoms with van der Waals surface area (Å²) in [6, 6.07) is 13.2. The van der Waals surface area contributed by atoms with Crippen LogP contribution in [-0.4, -0.2) is 32.4 Å². The number of nitrogens with zero attached hydrogens (tertiary/aromatic N) is 2. The first-order valence-corrected chi connectivity index (χ1v) is 12.3. The fourth-order valence-electron chi connectivity index (χ4n) is 3.16. The average Bonchev–Trinajstić information content (AvgIpc) is 2.79. The number of aromatic nitrogens is 2. The Morgan fingerprint density at radius 1 is 0.811 bits per heavy atom. The summed E-state index contributed by atoms with van der Waals surface area (Å²) >= 11 is 0. The van der Waals surface area contributed by atoms with E-state index in [0.29, 0.717) is 23.4 Å². The number of hydrogen-bond donors (Lipinski definition) is 2. The molecule has 0 amide bonds. The van der Waals surface area contributed by atoms with Gasteiger partial charge in [-0.2, -0.15) is 0 Å². The summed E-state index contributed by atoms with van der Waals surface area (Å²) in [7, 11) is 0. The maximum absolute atomic E-state index is 13.2. The Balaban J connectivity index is 0.000000423. The third kappa shape index (κ3) is 9.97. The van der Waals surface area contributed by atoms with Crippen LogP contribution in [0.25, 0.3) is 22.5 Å². The fourth-order valence-corrected chi connectivity index (χ4v) is 3.16. The van der Waals surface area contributed by atoms with E-state index in [4.69, 9.17) is 0 Å². The van der Waals surface area contributed by atoms with Crippen LogP contribution in [0.2, 0.25) is 0 Å². The molecule has 0 saturated heterocycles. The molecule has 2 N–H and O–H groups in total. The van der Waals surface area contributed by atoms with E-state index in [2.05, 4.69) is 16.0 Å². The molecule has 2 unspecified atom stereocenters. The van der Waals surface area contributed by atoms with Crippen LogP contribution in [0.1, 0.15) is 73.4 Å². The van der Waals surface area contributed by atoms with Crippen molar-refractivity contribution in [2.45, 2.75) is 79.9 Å². The molecule has 1 radical (unpaired) electrons. The van der Waals surface area contributed by atoms with Gasteiger partial charge < -0.3 is 15.2 Å². The van der Waals surface area contributed by atoms with Crippen molar-refractivity contribution in [3.05, 3.63) is 72.1 Å². The summed E-state index contributed by atoms with van der Waals surface area (Å²) in [6.07, 6.45) is 1.28. The van der Waals surface area contributed by atoms with Gasteiger partial charge in [0.2, 0.25) is 0 Å². The molecule has 0 bridgehead atoms. The molecule has 37 heavy (non-hydrogen) atoms. The predicted molar refractivity (Wildman–Crippen MR) is 141 cm³/mol. The van der Waals surface area contributed by atoms with Gasteiger partial charge in [-0.05, 0) is 34.4 Å². The van der Waals surface area contributed by atoms with Gasteiger partial charge in [0.15, 0.2) is 0 Å². The van der Waals surface area contributed by atoms with Crippen LogP contribution in [0.3, 0.4) is 0 Å². The molecule has 0 aliphatic rings. The Bertz CT molecular complexity index is 1090. The third-order valence-corrected chi connectivity index (χ3v) is 5.98. The molecular weight excluding hydrogens is 651 g/mol. The second-order valence-corrected chi connectivity index (χ2v) is 11.6. The van der Waals surface area contributed by atoms with Crippen molar-refractivity contribution < 1.29 is 39.1 Å². The first-order valence-electron chi connectivity index (χ1n) is 12.3. The fraction of sp³-hybridized carbons (Fsp3) is 0.467. The molecule has 3 rings (SSSR count). The normalized spacial score (nSPS) is 13.3. The van der Waals surface area contributed by atoms with Crippen LogP contribution >= 0.6 is 0 Å². The molecule has 1 aromatic heterocycles. The Morgan fingerprint density at radius 2 is 1.32 bits per heavy atom. The SMILES string of the molecule is CC(C)(C)C(O)CC(O)C(C)(C)C.CC(C)c1cnc(-c2[c-]cc(F)cc2)c(-c2ccc(F)cc2)n1.[Ir]. The van der Waals surface area contributed by atoms with E-state index in [1.165, 1.54) is 24.3 Å². The van der Waals surface area contributed by atoms with Gasteiger partial charge in [0, 0.05) is 44.2 Å². The van der Waals surface area contributed by atoms with Crippen molar-refractivity contribution in [2.24, 2.45) is 10.8 Å². The van der Waals surface area contributed by atoms with Gasteiger partial charge in [0.05, 0.1) is 23.6 Å². The molecular formula is C30H39F2IrN2O2-. The second kappa shape index (κ2) is 13.7. The molecule has 0 fully saturated rings. The van der Waals surface area contributed by atoms with Crippen LogP contribution < -0.4 is 0 Å². The van der Waals surface area contributed by atoms with E-state index < -0.39 is 12.2 Å². The number of benzene rings is 2. The molecule has 205 valence electrons. The number of rotatable bonds is 5. The minimum absolute atomic E-state index is 0. The van der Waals surface area contributed by atoms with Crippen molar-refractivity contribution in [1.29, 1.82) is 0 Å². The molecule has 2 aromatic carbocycles. The second-order valence-electron chi connectivity index (χ2n) is 11.6.